The Morgan fingerprint density at radius 1 is 1.30 bits per heavy atom. The van der Waals surface area contributed by atoms with E-state index in [1.807, 2.05) is 30.3 Å². The summed E-state index contributed by atoms with van der Waals surface area (Å²) in [4.78, 5) is 22.7. The van der Waals surface area contributed by atoms with Gasteiger partial charge in [0.05, 0.1) is 13.2 Å². The molecule has 20 heavy (non-hydrogen) atoms. The second-order valence-corrected chi connectivity index (χ2v) is 4.57. The summed E-state index contributed by atoms with van der Waals surface area (Å²) in [6, 6.07) is 9.16. The number of hydrogen-bond acceptors (Lipinski definition) is 4. The molecule has 0 unspecified atom stereocenters. The van der Waals surface area contributed by atoms with Crippen LogP contribution in [0.5, 0.6) is 0 Å². The smallest absolute Gasteiger partial charge is 0.305 e. The third-order valence-corrected chi connectivity index (χ3v) is 2.93. The van der Waals surface area contributed by atoms with Crippen LogP contribution in [0.1, 0.15) is 24.8 Å². The molecule has 2 N–H and O–H groups in total. The van der Waals surface area contributed by atoms with Crippen LogP contribution < -0.4 is 5.73 Å². The van der Waals surface area contributed by atoms with Crippen molar-refractivity contribution in [1.29, 1.82) is 0 Å². The number of rotatable bonds is 8. The topological polar surface area (TPSA) is 69.4 Å². The van der Waals surface area contributed by atoms with E-state index in [9.17, 15) is 9.59 Å². The van der Waals surface area contributed by atoms with Crippen LogP contribution >= 0.6 is 0 Å². The first-order valence-electron chi connectivity index (χ1n) is 6.70. The molecule has 0 fully saturated rings. The van der Waals surface area contributed by atoms with E-state index in [1.54, 1.807) is 6.08 Å². The molecule has 1 rings (SSSR count). The molecule has 0 aliphatic carbocycles. The third-order valence-electron chi connectivity index (χ3n) is 2.93. The highest BCUT2D eigenvalue weighted by Crippen LogP contribution is 2.04. The maximum atomic E-state index is 11.8. The van der Waals surface area contributed by atoms with Gasteiger partial charge in [0, 0.05) is 6.42 Å². The SMILES string of the molecule is COC(=O)CCC/C=C/C(=O)[C@@H](N)Cc1ccccc1. The second kappa shape index (κ2) is 9.04. The zero-order chi connectivity index (χ0) is 14.8. The van der Waals surface area contributed by atoms with E-state index in [-0.39, 0.29) is 11.8 Å². The zero-order valence-corrected chi connectivity index (χ0v) is 11.7. The van der Waals surface area contributed by atoms with Gasteiger partial charge in [0.1, 0.15) is 0 Å². The standard InChI is InChI=1S/C16H21NO3/c1-20-16(19)11-7-3-6-10-15(18)14(17)12-13-8-4-2-5-9-13/h2,4-6,8-10,14H,3,7,11-12,17H2,1H3/b10-6+/t14-/m0/s1. The van der Waals surface area contributed by atoms with Crippen LogP contribution in [0.25, 0.3) is 0 Å². The van der Waals surface area contributed by atoms with Crippen molar-refractivity contribution in [1.82, 2.24) is 0 Å². The predicted octanol–water partition coefficient (Wildman–Crippen LogP) is 2.02. The Morgan fingerprint density at radius 3 is 2.65 bits per heavy atom. The van der Waals surface area contributed by atoms with Crippen molar-refractivity contribution in [3.63, 3.8) is 0 Å². The summed E-state index contributed by atoms with van der Waals surface area (Å²) in [6.45, 7) is 0. The highest BCUT2D eigenvalue weighted by Gasteiger charge is 2.10. The van der Waals surface area contributed by atoms with Gasteiger partial charge in [-0.15, -0.1) is 0 Å². The molecule has 0 heterocycles. The summed E-state index contributed by atoms with van der Waals surface area (Å²) >= 11 is 0. The van der Waals surface area contributed by atoms with Crippen LogP contribution in [-0.4, -0.2) is 24.9 Å². The minimum Gasteiger partial charge on any atom is -0.469 e. The van der Waals surface area contributed by atoms with Gasteiger partial charge < -0.3 is 10.5 Å². The number of nitrogens with two attached hydrogens (primary N) is 1. The molecule has 1 aromatic carbocycles. The minimum atomic E-state index is -0.519. The molecule has 0 amide bonds. The van der Waals surface area contributed by atoms with Gasteiger partial charge >= 0.3 is 5.97 Å². The Morgan fingerprint density at radius 2 is 2.00 bits per heavy atom. The van der Waals surface area contributed by atoms with Gasteiger partial charge in [-0.25, -0.2) is 0 Å². The number of ether oxygens (including phenoxy) is 1. The first-order chi connectivity index (χ1) is 9.63. The van der Waals surface area contributed by atoms with Gasteiger partial charge in [0.25, 0.3) is 0 Å². The van der Waals surface area contributed by atoms with E-state index in [4.69, 9.17) is 5.73 Å². The van der Waals surface area contributed by atoms with E-state index in [2.05, 4.69) is 4.74 Å². The summed E-state index contributed by atoms with van der Waals surface area (Å²) in [5.41, 5.74) is 6.91. The maximum Gasteiger partial charge on any atom is 0.305 e. The van der Waals surface area contributed by atoms with Gasteiger partial charge in [-0.3, -0.25) is 9.59 Å². The van der Waals surface area contributed by atoms with Crippen molar-refractivity contribution in [3.8, 4) is 0 Å². The second-order valence-electron chi connectivity index (χ2n) is 4.57. The number of allylic oxidation sites excluding steroid dienone is 1. The Kier molecular flexibility index (Phi) is 7.29. The number of benzene rings is 1. The monoisotopic (exact) mass is 275 g/mol. The summed E-state index contributed by atoms with van der Waals surface area (Å²) in [7, 11) is 1.37. The van der Waals surface area contributed by atoms with E-state index in [0.29, 0.717) is 25.7 Å². The van der Waals surface area contributed by atoms with Crippen molar-refractivity contribution < 1.29 is 14.3 Å². The first kappa shape index (κ1) is 16.1. The van der Waals surface area contributed by atoms with Gasteiger partial charge in [-0.05, 0) is 30.9 Å². The zero-order valence-electron chi connectivity index (χ0n) is 11.7. The Hall–Kier alpha value is -1.94. The van der Waals surface area contributed by atoms with Crippen LogP contribution in [0.2, 0.25) is 0 Å². The van der Waals surface area contributed by atoms with Crippen LogP contribution in [0.4, 0.5) is 0 Å². The predicted molar refractivity (Wildman–Crippen MR) is 78.1 cm³/mol. The number of esters is 1. The summed E-state index contributed by atoms with van der Waals surface area (Å²) in [6.07, 6.45) is 5.50. The van der Waals surface area contributed by atoms with Crippen LogP contribution in [0, 0.1) is 0 Å². The quantitative estimate of drug-likeness (QED) is 0.448. The number of methoxy groups -OCH3 is 1. The molecule has 4 heteroatoms. The summed E-state index contributed by atoms with van der Waals surface area (Å²) in [5, 5.41) is 0. The number of ketones is 1. The van der Waals surface area contributed by atoms with Crippen molar-refractivity contribution in [2.24, 2.45) is 5.73 Å². The number of hydrogen-bond donors (Lipinski definition) is 1. The molecule has 0 spiro atoms. The van der Waals surface area contributed by atoms with Gasteiger partial charge in [-0.2, -0.15) is 0 Å². The van der Waals surface area contributed by atoms with Crippen molar-refractivity contribution in [3.05, 3.63) is 48.0 Å². The van der Waals surface area contributed by atoms with Gasteiger partial charge in [0.2, 0.25) is 0 Å². The lowest BCUT2D eigenvalue weighted by molar-refractivity contribution is -0.140. The number of carbonyl (C=O) groups is 2. The molecule has 0 aromatic heterocycles. The summed E-state index contributed by atoms with van der Waals surface area (Å²) in [5.74, 6) is -0.322. The van der Waals surface area contributed by atoms with E-state index in [1.165, 1.54) is 13.2 Å². The Balaban J connectivity index is 2.29. The minimum absolute atomic E-state index is 0.0908. The highest BCUT2D eigenvalue weighted by molar-refractivity contribution is 5.94. The molecule has 1 atom stereocenters. The van der Waals surface area contributed by atoms with Gasteiger partial charge in [-0.1, -0.05) is 36.4 Å². The highest BCUT2D eigenvalue weighted by atomic mass is 16.5. The fourth-order valence-corrected chi connectivity index (χ4v) is 1.76. The van der Waals surface area contributed by atoms with Crippen LogP contribution in [0.15, 0.2) is 42.5 Å². The van der Waals surface area contributed by atoms with Gasteiger partial charge in [0.15, 0.2) is 5.78 Å². The van der Waals surface area contributed by atoms with E-state index < -0.39 is 6.04 Å². The largest absolute Gasteiger partial charge is 0.469 e. The Bertz CT molecular complexity index is 454. The number of carbonyl (C=O) groups excluding carboxylic acids is 2. The normalized spacial score (nSPS) is 12.3. The lowest BCUT2D eigenvalue weighted by atomic mass is 10.0. The van der Waals surface area contributed by atoms with E-state index in [0.717, 1.165) is 5.56 Å². The van der Waals surface area contributed by atoms with E-state index >= 15 is 0 Å². The van der Waals surface area contributed by atoms with Crippen molar-refractivity contribution >= 4 is 11.8 Å². The third kappa shape index (κ3) is 6.29. The molecule has 108 valence electrons. The fourth-order valence-electron chi connectivity index (χ4n) is 1.76. The molecule has 4 nitrogen and oxygen atoms in total. The molecule has 0 saturated carbocycles. The molecule has 0 bridgehead atoms. The van der Waals surface area contributed by atoms with Crippen molar-refractivity contribution in [2.75, 3.05) is 7.11 Å². The molecule has 0 aliphatic heterocycles. The first-order valence-corrected chi connectivity index (χ1v) is 6.70. The number of unbranched alkanes of at least 4 members (excludes halogenated alkanes) is 1. The average molecular weight is 275 g/mol. The summed E-state index contributed by atoms with van der Waals surface area (Å²) < 4.78 is 4.53. The van der Waals surface area contributed by atoms with Crippen molar-refractivity contribution in [2.45, 2.75) is 31.7 Å². The van der Waals surface area contributed by atoms with Crippen LogP contribution in [-0.2, 0) is 20.7 Å². The molecular formula is C16H21NO3. The van der Waals surface area contributed by atoms with Crippen LogP contribution in [0.3, 0.4) is 0 Å². The fraction of sp³-hybridized carbons (Fsp3) is 0.375. The lowest BCUT2D eigenvalue weighted by Gasteiger charge is -2.07. The lowest BCUT2D eigenvalue weighted by Crippen LogP contribution is -2.31. The molecule has 0 aliphatic rings. The molecular weight excluding hydrogens is 254 g/mol. The molecule has 1 aromatic rings. The Labute approximate surface area is 119 Å². The maximum absolute atomic E-state index is 11.8. The molecule has 0 radical (unpaired) electrons. The average Bonchev–Trinajstić information content (AvgIpc) is 2.47. The molecule has 0 saturated heterocycles.